The van der Waals surface area contributed by atoms with Gasteiger partial charge in [-0.15, -0.1) is 10.2 Å². The summed E-state index contributed by atoms with van der Waals surface area (Å²) in [7, 11) is 2.12. The molecular weight excluding hydrogens is 284 g/mol. The predicted octanol–water partition coefficient (Wildman–Crippen LogP) is 3.51. The fourth-order valence-corrected chi connectivity index (χ4v) is 4.08. The van der Waals surface area contributed by atoms with Crippen LogP contribution in [0.5, 0.6) is 0 Å². The first-order valence-corrected chi connectivity index (χ1v) is 8.99. The number of rotatable bonds is 5. The van der Waals surface area contributed by atoms with Crippen molar-refractivity contribution in [1.29, 1.82) is 0 Å². The Hall–Kier alpha value is -1.68. The number of nitrogens with one attached hydrogen (secondary N) is 1. The van der Waals surface area contributed by atoms with Crippen molar-refractivity contribution in [3.05, 3.63) is 47.5 Å². The van der Waals surface area contributed by atoms with E-state index in [9.17, 15) is 0 Å². The maximum absolute atomic E-state index is 4.43. The van der Waals surface area contributed by atoms with Gasteiger partial charge in [0.1, 0.15) is 11.6 Å². The van der Waals surface area contributed by atoms with E-state index >= 15 is 0 Å². The molecule has 1 N–H and O–H groups in total. The third-order valence-electron chi connectivity index (χ3n) is 5.74. The summed E-state index contributed by atoms with van der Waals surface area (Å²) in [5, 5.41) is 12.6. The van der Waals surface area contributed by atoms with Gasteiger partial charge in [0, 0.05) is 19.0 Å². The van der Waals surface area contributed by atoms with E-state index in [-0.39, 0.29) is 0 Å². The van der Waals surface area contributed by atoms with Crippen LogP contribution in [0.4, 0.5) is 0 Å². The van der Waals surface area contributed by atoms with Crippen LogP contribution in [0.3, 0.4) is 0 Å². The molecule has 122 valence electrons. The molecule has 1 aromatic heterocycles. The Bertz CT molecular complexity index is 645. The minimum atomic E-state index is 0.557. The smallest absolute Gasteiger partial charge is 0.146 e. The number of hydrogen-bond donors (Lipinski definition) is 1. The van der Waals surface area contributed by atoms with Crippen molar-refractivity contribution in [3.63, 3.8) is 0 Å². The monoisotopic (exact) mass is 310 g/mol. The van der Waals surface area contributed by atoms with Gasteiger partial charge in [-0.2, -0.15) is 0 Å². The van der Waals surface area contributed by atoms with Gasteiger partial charge in [-0.25, -0.2) is 0 Å². The zero-order valence-electron chi connectivity index (χ0n) is 13.9. The lowest BCUT2D eigenvalue weighted by molar-refractivity contribution is 0.390. The Kier molecular flexibility index (Phi) is 4.17. The highest BCUT2D eigenvalue weighted by Gasteiger charge is 2.29. The summed E-state index contributed by atoms with van der Waals surface area (Å²) >= 11 is 0. The normalized spacial score (nSPS) is 24.7. The standard InChI is InChI=1S/C19H26N4/c1-23-18(21-22-19(23)15-9-5-10-15)13-20-17-12-6-11-16(17)14-7-3-2-4-8-14/h2-4,7-8,15-17,20H,5-6,9-13H2,1H3/t16-,17-/m1/s1. The van der Waals surface area contributed by atoms with Crippen molar-refractivity contribution in [2.45, 2.75) is 62.9 Å². The van der Waals surface area contributed by atoms with E-state index in [1.54, 1.807) is 0 Å². The molecule has 2 aromatic rings. The molecule has 0 radical (unpaired) electrons. The van der Waals surface area contributed by atoms with Crippen molar-refractivity contribution in [2.24, 2.45) is 7.05 Å². The number of nitrogens with zero attached hydrogens (tertiary/aromatic N) is 3. The van der Waals surface area contributed by atoms with E-state index in [1.165, 1.54) is 49.9 Å². The summed E-state index contributed by atoms with van der Waals surface area (Å²) < 4.78 is 2.21. The Labute approximate surface area is 138 Å². The lowest BCUT2D eigenvalue weighted by atomic mass is 9.85. The van der Waals surface area contributed by atoms with Crippen LogP contribution >= 0.6 is 0 Å². The molecule has 1 heterocycles. The number of hydrogen-bond acceptors (Lipinski definition) is 3. The number of aromatic nitrogens is 3. The Morgan fingerprint density at radius 3 is 2.57 bits per heavy atom. The van der Waals surface area contributed by atoms with E-state index in [0.29, 0.717) is 17.9 Å². The fraction of sp³-hybridized carbons (Fsp3) is 0.579. The SMILES string of the molecule is Cn1c(CN[C@@H]2CCC[C@@H]2c2ccccc2)nnc1C1CCC1. The van der Waals surface area contributed by atoms with Crippen LogP contribution < -0.4 is 5.32 Å². The van der Waals surface area contributed by atoms with Gasteiger partial charge < -0.3 is 9.88 Å². The summed E-state index contributed by atoms with van der Waals surface area (Å²) in [5.41, 5.74) is 1.47. The summed E-state index contributed by atoms with van der Waals surface area (Å²) in [6.45, 7) is 0.824. The largest absolute Gasteiger partial charge is 0.317 e. The molecule has 2 aliphatic rings. The van der Waals surface area contributed by atoms with E-state index in [0.717, 1.165) is 12.4 Å². The van der Waals surface area contributed by atoms with Crippen LogP contribution in [0.25, 0.3) is 0 Å². The Balaban J connectivity index is 1.41. The molecule has 0 saturated heterocycles. The molecule has 2 saturated carbocycles. The van der Waals surface area contributed by atoms with Gasteiger partial charge in [0.2, 0.25) is 0 Å². The van der Waals surface area contributed by atoms with Crippen LogP contribution in [-0.4, -0.2) is 20.8 Å². The molecule has 0 amide bonds. The van der Waals surface area contributed by atoms with Gasteiger partial charge in [-0.05, 0) is 37.2 Å². The second-order valence-corrected chi connectivity index (χ2v) is 7.10. The molecule has 0 bridgehead atoms. The van der Waals surface area contributed by atoms with Gasteiger partial charge in [0.05, 0.1) is 6.54 Å². The van der Waals surface area contributed by atoms with Crippen molar-refractivity contribution in [2.75, 3.05) is 0 Å². The maximum Gasteiger partial charge on any atom is 0.146 e. The highest BCUT2D eigenvalue weighted by Crippen LogP contribution is 2.36. The third-order valence-corrected chi connectivity index (χ3v) is 5.74. The molecule has 0 unspecified atom stereocenters. The molecule has 4 heteroatoms. The van der Waals surface area contributed by atoms with Crippen LogP contribution in [0.1, 0.15) is 67.6 Å². The summed E-state index contributed by atoms with van der Waals surface area (Å²) in [4.78, 5) is 0. The van der Waals surface area contributed by atoms with Gasteiger partial charge in [0.25, 0.3) is 0 Å². The quantitative estimate of drug-likeness (QED) is 0.919. The van der Waals surface area contributed by atoms with Crippen molar-refractivity contribution in [1.82, 2.24) is 20.1 Å². The lowest BCUT2D eigenvalue weighted by Gasteiger charge is -2.24. The second-order valence-electron chi connectivity index (χ2n) is 7.10. The van der Waals surface area contributed by atoms with E-state index < -0.39 is 0 Å². The predicted molar refractivity (Wildman–Crippen MR) is 91.3 cm³/mol. The zero-order valence-corrected chi connectivity index (χ0v) is 13.9. The average Bonchev–Trinajstić information content (AvgIpc) is 3.13. The molecule has 23 heavy (non-hydrogen) atoms. The fourth-order valence-electron chi connectivity index (χ4n) is 4.08. The molecule has 0 aliphatic heterocycles. The Morgan fingerprint density at radius 1 is 1.04 bits per heavy atom. The van der Waals surface area contributed by atoms with Crippen LogP contribution in [-0.2, 0) is 13.6 Å². The third kappa shape index (κ3) is 2.92. The molecule has 0 spiro atoms. The highest BCUT2D eigenvalue weighted by molar-refractivity contribution is 5.22. The van der Waals surface area contributed by atoms with Crippen LogP contribution in [0.15, 0.2) is 30.3 Å². The summed E-state index contributed by atoms with van der Waals surface area (Å²) in [6, 6.07) is 11.5. The number of benzene rings is 1. The molecule has 2 fully saturated rings. The van der Waals surface area contributed by atoms with Crippen molar-refractivity contribution in [3.8, 4) is 0 Å². The molecule has 4 rings (SSSR count). The molecular formula is C19H26N4. The summed E-state index contributed by atoms with van der Waals surface area (Å²) in [6.07, 6.45) is 7.74. The molecule has 2 atom stereocenters. The minimum absolute atomic E-state index is 0.557. The Morgan fingerprint density at radius 2 is 1.83 bits per heavy atom. The van der Waals surface area contributed by atoms with Crippen molar-refractivity contribution >= 4 is 0 Å². The lowest BCUT2D eigenvalue weighted by Crippen LogP contribution is -2.31. The van der Waals surface area contributed by atoms with Gasteiger partial charge in [0.15, 0.2) is 0 Å². The van der Waals surface area contributed by atoms with E-state index in [2.05, 4.69) is 57.5 Å². The molecule has 4 nitrogen and oxygen atoms in total. The first-order chi connectivity index (χ1) is 11.3. The van der Waals surface area contributed by atoms with Gasteiger partial charge in [-0.3, -0.25) is 0 Å². The maximum atomic E-state index is 4.43. The van der Waals surface area contributed by atoms with Gasteiger partial charge >= 0.3 is 0 Å². The first-order valence-electron chi connectivity index (χ1n) is 8.99. The highest BCUT2D eigenvalue weighted by atomic mass is 15.3. The van der Waals surface area contributed by atoms with E-state index in [4.69, 9.17) is 0 Å². The van der Waals surface area contributed by atoms with E-state index in [1.807, 2.05) is 0 Å². The first kappa shape index (κ1) is 14.9. The molecule has 2 aliphatic carbocycles. The van der Waals surface area contributed by atoms with Gasteiger partial charge in [-0.1, -0.05) is 43.2 Å². The average molecular weight is 310 g/mol. The zero-order chi connectivity index (χ0) is 15.6. The second kappa shape index (κ2) is 6.44. The minimum Gasteiger partial charge on any atom is -0.317 e. The summed E-state index contributed by atoms with van der Waals surface area (Å²) in [5.74, 6) is 3.53. The van der Waals surface area contributed by atoms with Crippen LogP contribution in [0, 0.1) is 0 Å². The van der Waals surface area contributed by atoms with Crippen molar-refractivity contribution < 1.29 is 0 Å². The topological polar surface area (TPSA) is 42.7 Å². The van der Waals surface area contributed by atoms with Crippen LogP contribution in [0.2, 0.25) is 0 Å². The molecule has 1 aromatic carbocycles.